The summed E-state index contributed by atoms with van der Waals surface area (Å²) in [5, 5.41) is 0. The molecule has 1 aromatic carbocycles. The van der Waals surface area contributed by atoms with Gasteiger partial charge in [0.25, 0.3) is 0 Å². The normalized spacial score (nSPS) is 12.0. The molecule has 0 spiro atoms. The van der Waals surface area contributed by atoms with Crippen molar-refractivity contribution in [3.63, 3.8) is 0 Å². The van der Waals surface area contributed by atoms with Crippen molar-refractivity contribution in [1.82, 2.24) is 0 Å². The Kier molecular flexibility index (Phi) is 11.5. The van der Waals surface area contributed by atoms with Gasteiger partial charge < -0.3 is 9.47 Å². The van der Waals surface area contributed by atoms with Gasteiger partial charge in [-0.15, -0.1) is 0 Å². The van der Waals surface area contributed by atoms with Crippen molar-refractivity contribution >= 4 is 18.0 Å². The van der Waals surface area contributed by atoms with E-state index < -0.39 is 17.4 Å². The summed E-state index contributed by atoms with van der Waals surface area (Å²) in [6.45, 7) is 10.1. The van der Waals surface area contributed by atoms with Gasteiger partial charge in [0.1, 0.15) is 0 Å². The molecule has 4 nitrogen and oxygen atoms in total. The minimum absolute atomic E-state index is 0.214. The van der Waals surface area contributed by atoms with Gasteiger partial charge in [-0.05, 0) is 65.9 Å². The summed E-state index contributed by atoms with van der Waals surface area (Å²) in [5.41, 5.74) is 2.04. The molecule has 0 radical (unpaired) electrons. The molecule has 0 fully saturated rings. The van der Waals surface area contributed by atoms with Crippen LogP contribution in [0.2, 0.25) is 0 Å². The Morgan fingerprint density at radius 1 is 0.900 bits per heavy atom. The van der Waals surface area contributed by atoms with Gasteiger partial charge in [-0.25, -0.2) is 0 Å². The summed E-state index contributed by atoms with van der Waals surface area (Å²) in [7, 11) is 0. The van der Waals surface area contributed by atoms with Crippen molar-refractivity contribution in [3.8, 4) is 0 Å². The molecule has 0 heterocycles. The quantitative estimate of drug-likeness (QED) is 0.230. The van der Waals surface area contributed by atoms with Gasteiger partial charge in [0.05, 0.1) is 13.2 Å². The zero-order valence-corrected chi connectivity index (χ0v) is 19.1. The van der Waals surface area contributed by atoms with Crippen molar-refractivity contribution in [2.24, 2.45) is 5.41 Å². The van der Waals surface area contributed by atoms with Crippen LogP contribution in [0.15, 0.2) is 59.7 Å². The van der Waals surface area contributed by atoms with E-state index >= 15 is 0 Å². The second-order valence-corrected chi connectivity index (χ2v) is 7.61. The number of carbonyl (C=O) groups is 2. The number of esters is 2. The second kappa shape index (κ2) is 13.6. The Morgan fingerprint density at radius 3 is 2.03 bits per heavy atom. The summed E-state index contributed by atoms with van der Waals surface area (Å²) < 4.78 is 10.6. The molecule has 0 atom stereocenters. The van der Waals surface area contributed by atoms with Crippen LogP contribution in [-0.2, 0) is 19.1 Å². The van der Waals surface area contributed by atoms with Gasteiger partial charge in [0.15, 0.2) is 5.41 Å². The van der Waals surface area contributed by atoms with Crippen LogP contribution in [-0.4, -0.2) is 25.2 Å². The first-order chi connectivity index (χ1) is 14.4. The first kappa shape index (κ1) is 25.4. The molecule has 0 unspecified atom stereocenters. The van der Waals surface area contributed by atoms with Crippen molar-refractivity contribution in [1.29, 1.82) is 0 Å². The number of hydrogen-bond acceptors (Lipinski definition) is 4. The lowest BCUT2D eigenvalue weighted by Gasteiger charge is -2.27. The van der Waals surface area contributed by atoms with Gasteiger partial charge in [-0.3, -0.25) is 9.59 Å². The topological polar surface area (TPSA) is 52.6 Å². The van der Waals surface area contributed by atoms with E-state index in [-0.39, 0.29) is 26.1 Å². The molecule has 30 heavy (non-hydrogen) atoms. The van der Waals surface area contributed by atoms with Gasteiger partial charge in [0.2, 0.25) is 0 Å². The molecule has 0 aromatic heterocycles. The summed E-state index contributed by atoms with van der Waals surface area (Å²) in [6.07, 6.45) is 10.2. The first-order valence-electron chi connectivity index (χ1n) is 10.7. The standard InChI is InChI=1S/C26H36O4/c1-6-29-24(27)26(25(28)30-7-2,19-12-17-23-15-9-8-10-16-23)20-18-22(5)14-11-13-21(3)4/h8-10,12-13,15-18H,6-7,11,14,19-20H2,1-5H3/b17-12+,22-18+. The average Bonchev–Trinajstić information content (AvgIpc) is 2.71. The predicted molar refractivity (Wildman–Crippen MR) is 123 cm³/mol. The summed E-state index contributed by atoms with van der Waals surface area (Å²) >= 11 is 0. The third-order valence-corrected chi connectivity index (χ3v) is 4.80. The average molecular weight is 413 g/mol. The van der Waals surface area contributed by atoms with E-state index in [0.717, 1.165) is 24.0 Å². The highest BCUT2D eigenvalue weighted by Gasteiger charge is 2.47. The van der Waals surface area contributed by atoms with E-state index in [4.69, 9.17) is 9.47 Å². The van der Waals surface area contributed by atoms with E-state index in [9.17, 15) is 9.59 Å². The maximum absolute atomic E-state index is 12.9. The number of hydrogen-bond donors (Lipinski definition) is 0. The maximum Gasteiger partial charge on any atom is 0.324 e. The minimum atomic E-state index is -1.38. The molecular weight excluding hydrogens is 376 g/mol. The van der Waals surface area contributed by atoms with Crippen molar-refractivity contribution in [3.05, 3.63) is 65.3 Å². The van der Waals surface area contributed by atoms with Crippen molar-refractivity contribution in [2.45, 2.75) is 60.3 Å². The van der Waals surface area contributed by atoms with E-state index in [1.165, 1.54) is 5.57 Å². The smallest absolute Gasteiger partial charge is 0.324 e. The molecule has 0 saturated carbocycles. The Bertz CT molecular complexity index is 734. The molecule has 1 rings (SSSR count). The zero-order valence-electron chi connectivity index (χ0n) is 19.1. The van der Waals surface area contributed by atoms with Crippen LogP contribution < -0.4 is 0 Å². The number of benzene rings is 1. The van der Waals surface area contributed by atoms with Crippen LogP contribution in [0.4, 0.5) is 0 Å². The van der Waals surface area contributed by atoms with Crippen LogP contribution in [0.3, 0.4) is 0 Å². The Hall–Kier alpha value is -2.62. The summed E-state index contributed by atoms with van der Waals surface area (Å²) in [5.74, 6) is -1.07. The fourth-order valence-electron chi connectivity index (χ4n) is 3.04. The monoisotopic (exact) mass is 412 g/mol. The molecule has 0 N–H and O–H groups in total. The van der Waals surface area contributed by atoms with Crippen LogP contribution >= 0.6 is 0 Å². The highest BCUT2D eigenvalue weighted by Crippen LogP contribution is 2.33. The largest absolute Gasteiger partial charge is 0.465 e. The fourth-order valence-corrected chi connectivity index (χ4v) is 3.04. The lowest BCUT2D eigenvalue weighted by molar-refractivity contribution is -0.171. The van der Waals surface area contributed by atoms with Crippen LogP contribution in [0.25, 0.3) is 6.08 Å². The highest BCUT2D eigenvalue weighted by molar-refractivity contribution is 6.00. The van der Waals surface area contributed by atoms with E-state index in [1.807, 2.05) is 55.5 Å². The number of rotatable bonds is 12. The Balaban J connectivity index is 3.15. The number of ether oxygens (including phenoxy) is 2. The van der Waals surface area contributed by atoms with Crippen LogP contribution in [0.1, 0.15) is 65.9 Å². The highest BCUT2D eigenvalue weighted by atomic mass is 16.6. The zero-order chi connectivity index (χ0) is 22.4. The fraction of sp³-hybridized carbons (Fsp3) is 0.462. The molecule has 0 bridgehead atoms. The van der Waals surface area contributed by atoms with Gasteiger partial charge in [-0.2, -0.15) is 0 Å². The lowest BCUT2D eigenvalue weighted by atomic mass is 9.80. The predicted octanol–water partition coefficient (Wildman–Crippen LogP) is 6.29. The minimum Gasteiger partial charge on any atom is -0.465 e. The third kappa shape index (κ3) is 8.40. The molecular formula is C26H36O4. The van der Waals surface area contributed by atoms with Crippen LogP contribution in [0, 0.1) is 5.41 Å². The van der Waals surface area contributed by atoms with Gasteiger partial charge >= 0.3 is 11.9 Å². The molecule has 4 heteroatoms. The van der Waals surface area contributed by atoms with Crippen molar-refractivity contribution in [2.75, 3.05) is 13.2 Å². The maximum atomic E-state index is 12.9. The third-order valence-electron chi connectivity index (χ3n) is 4.80. The molecule has 0 aliphatic carbocycles. The van der Waals surface area contributed by atoms with E-state index in [2.05, 4.69) is 19.9 Å². The van der Waals surface area contributed by atoms with Gasteiger partial charge in [0, 0.05) is 0 Å². The summed E-state index contributed by atoms with van der Waals surface area (Å²) in [4.78, 5) is 25.9. The molecule has 0 aliphatic heterocycles. The van der Waals surface area contributed by atoms with E-state index in [1.54, 1.807) is 13.8 Å². The number of allylic oxidation sites excluding steroid dienone is 5. The second-order valence-electron chi connectivity index (χ2n) is 7.61. The lowest BCUT2D eigenvalue weighted by Crippen LogP contribution is -2.41. The SMILES string of the molecule is CCOC(=O)C(C/C=C/c1ccccc1)(C/C=C(\C)CCC=C(C)C)C(=O)OCC. The molecule has 0 aliphatic rings. The van der Waals surface area contributed by atoms with Crippen LogP contribution in [0.5, 0.6) is 0 Å². The molecule has 0 saturated heterocycles. The molecule has 164 valence electrons. The Labute approximate surface area is 181 Å². The molecule has 0 amide bonds. The van der Waals surface area contributed by atoms with Gasteiger partial charge in [-0.1, -0.05) is 65.8 Å². The Morgan fingerprint density at radius 2 is 1.50 bits per heavy atom. The van der Waals surface area contributed by atoms with E-state index in [0.29, 0.717) is 0 Å². The van der Waals surface area contributed by atoms with Crippen molar-refractivity contribution < 1.29 is 19.1 Å². The first-order valence-corrected chi connectivity index (χ1v) is 10.7. The number of carbonyl (C=O) groups excluding carboxylic acids is 2. The summed E-state index contributed by atoms with van der Waals surface area (Å²) in [6, 6.07) is 9.78. The molecule has 1 aromatic rings.